The van der Waals surface area contributed by atoms with E-state index in [1.165, 1.54) is 36.4 Å². The van der Waals surface area contributed by atoms with E-state index < -0.39 is 26.8 Å². The minimum Gasteiger partial charge on any atom is -0.465 e. The van der Waals surface area contributed by atoms with E-state index >= 15 is 0 Å². The molecule has 136 valence electrons. The van der Waals surface area contributed by atoms with Crippen LogP contribution in [0.1, 0.15) is 37.3 Å². The molecule has 0 bridgehead atoms. The molecule has 6 nitrogen and oxygen atoms in total. The van der Waals surface area contributed by atoms with Gasteiger partial charge in [-0.05, 0) is 50.6 Å². The fourth-order valence-electron chi connectivity index (χ4n) is 2.67. The maximum atomic E-state index is 13.3. The fourth-order valence-corrected chi connectivity index (χ4v) is 4.66. The first-order valence-electron chi connectivity index (χ1n) is 7.90. The SMILES string of the molecule is CC(C)(C)N(C(=O)O)C(c1ccc(C#N)cc1)S(=O)(=O)c1ccccc1. The zero-order valence-corrected chi connectivity index (χ0v) is 15.6. The predicted molar refractivity (Wildman–Crippen MR) is 97.1 cm³/mol. The van der Waals surface area contributed by atoms with Crippen LogP contribution in [0.5, 0.6) is 0 Å². The number of carboxylic acid groups (broad SMARTS) is 1. The lowest BCUT2D eigenvalue weighted by Crippen LogP contribution is -2.49. The van der Waals surface area contributed by atoms with Gasteiger partial charge in [0.25, 0.3) is 0 Å². The minimum absolute atomic E-state index is 0.0323. The first-order valence-corrected chi connectivity index (χ1v) is 9.45. The summed E-state index contributed by atoms with van der Waals surface area (Å²) >= 11 is 0. The molecular formula is C19H20N2O4S. The highest BCUT2D eigenvalue weighted by Crippen LogP contribution is 2.36. The van der Waals surface area contributed by atoms with E-state index in [9.17, 15) is 18.3 Å². The van der Waals surface area contributed by atoms with Crippen molar-refractivity contribution in [3.63, 3.8) is 0 Å². The molecule has 0 saturated carbocycles. The summed E-state index contributed by atoms with van der Waals surface area (Å²) in [5.41, 5.74) is -0.320. The lowest BCUT2D eigenvalue weighted by molar-refractivity contribution is 0.0903. The summed E-state index contributed by atoms with van der Waals surface area (Å²) < 4.78 is 26.6. The Bertz CT molecular complexity index is 924. The summed E-state index contributed by atoms with van der Waals surface area (Å²) in [6.07, 6.45) is -1.34. The van der Waals surface area contributed by atoms with Gasteiger partial charge in [-0.3, -0.25) is 4.90 Å². The number of hydrogen-bond donors (Lipinski definition) is 1. The second kappa shape index (κ2) is 7.18. The first-order chi connectivity index (χ1) is 12.1. The second-order valence-corrected chi connectivity index (χ2v) is 8.78. The van der Waals surface area contributed by atoms with Gasteiger partial charge in [-0.15, -0.1) is 0 Å². The molecule has 0 aliphatic heterocycles. The van der Waals surface area contributed by atoms with E-state index in [4.69, 9.17) is 5.26 Å². The number of nitriles is 1. The van der Waals surface area contributed by atoms with Crippen molar-refractivity contribution >= 4 is 15.9 Å². The van der Waals surface area contributed by atoms with Gasteiger partial charge in [0.05, 0.1) is 16.5 Å². The van der Waals surface area contributed by atoms with Gasteiger partial charge in [0.2, 0.25) is 9.84 Å². The monoisotopic (exact) mass is 372 g/mol. The van der Waals surface area contributed by atoms with Crippen molar-refractivity contribution in [2.75, 3.05) is 0 Å². The van der Waals surface area contributed by atoms with Crippen LogP contribution < -0.4 is 0 Å². The zero-order valence-electron chi connectivity index (χ0n) is 14.7. The van der Waals surface area contributed by atoms with E-state index in [1.807, 2.05) is 6.07 Å². The number of hydrogen-bond acceptors (Lipinski definition) is 4. The highest BCUT2D eigenvalue weighted by atomic mass is 32.2. The molecule has 1 unspecified atom stereocenters. The summed E-state index contributed by atoms with van der Waals surface area (Å²) in [6, 6.07) is 15.6. The molecule has 0 heterocycles. The molecule has 1 atom stereocenters. The third kappa shape index (κ3) is 3.86. The molecule has 1 amide bonds. The van der Waals surface area contributed by atoms with Crippen molar-refractivity contribution in [1.29, 1.82) is 5.26 Å². The van der Waals surface area contributed by atoms with E-state index in [0.717, 1.165) is 4.90 Å². The van der Waals surface area contributed by atoms with Gasteiger partial charge in [-0.2, -0.15) is 5.26 Å². The molecule has 7 heteroatoms. The molecule has 2 aromatic carbocycles. The minimum atomic E-state index is -4.04. The normalized spacial score (nSPS) is 12.8. The van der Waals surface area contributed by atoms with Crippen LogP contribution in [0.15, 0.2) is 59.5 Å². The molecule has 1 N–H and O–H groups in total. The van der Waals surface area contributed by atoms with Crippen LogP contribution in [0.4, 0.5) is 4.79 Å². The maximum Gasteiger partial charge on any atom is 0.409 e. The van der Waals surface area contributed by atoms with Crippen LogP contribution in [0.3, 0.4) is 0 Å². The lowest BCUT2D eigenvalue weighted by atomic mass is 10.0. The van der Waals surface area contributed by atoms with Gasteiger partial charge in [0.15, 0.2) is 5.37 Å². The van der Waals surface area contributed by atoms with E-state index in [-0.39, 0.29) is 10.5 Å². The largest absolute Gasteiger partial charge is 0.465 e. The first kappa shape index (κ1) is 19.5. The Balaban J connectivity index is 2.73. The molecule has 0 aliphatic rings. The molecule has 0 saturated heterocycles. The average Bonchev–Trinajstić information content (AvgIpc) is 2.59. The smallest absolute Gasteiger partial charge is 0.409 e. The third-order valence-corrected chi connectivity index (χ3v) is 5.85. The zero-order chi connectivity index (χ0) is 19.5. The second-order valence-electron chi connectivity index (χ2n) is 6.77. The van der Waals surface area contributed by atoms with Gasteiger partial charge in [-0.1, -0.05) is 30.3 Å². The Morgan fingerprint density at radius 2 is 1.62 bits per heavy atom. The van der Waals surface area contributed by atoms with Crippen molar-refractivity contribution in [2.24, 2.45) is 0 Å². The Morgan fingerprint density at radius 1 is 1.08 bits per heavy atom. The Hall–Kier alpha value is -2.85. The summed E-state index contributed by atoms with van der Waals surface area (Å²) in [6.45, 7) is 4.91. The Morgan fingerprint density at radius 3 is 2.04 bits per heavy atom. The Labute approximate surface area is 153 Å². The number of sulfone groups is 1. The summed E-state index contributed by atoms with van der Waals surface area (Å²) in [7, 11) is -4.04. The van der Waals surface area contributed by atoms with Gasteiger partial charge < -0.3 is 5.11 Å². The number of benzene rings is 2. The molecule has 2 rings (SSSR count). The third-order valence-electron chi connectivity index (χ3n) is 3.85. The molecule has 0 aromatic heterocycles. The van der Waals surface area contributed by atoms with Crippen LogP contribution in [-0.2, 0) is 9.84 Å². The molecule has 0 spiro atoms. The topological polar surface area (TPSA) is 98.5 Å². The van der Waals surface area contributed by atoms with Gasteiger partial charge in [0.1, 0.15) is 0 Å². The average molecular weight is 372 g/mol. The Kier molecular flexibility index (Phi) is 5.38. The molecule has 0 radical (unpaired) electrons. The quantitative estimate of drug-likeness (QED) is 0.880. The highest BCUT2D eigenvalue weighted by Gasteiger charge is 2.42. The van der Waals surface area contributed by atoms with Crippen LogP contribution in [0.25, 0.3) is 0 Å². The number of nitrogens with zero attached hydrogens (tertiary/aromatic N) is 2. The van der Waals surface area contributed by atoms with Gasteiger partial charge >= 0.3 is 6.09 Å². The van der Waals surface area contributed by atoms with E-state index in [1.54, 1.807) is 39.0 Å². The highest BCUT2D eigenvalue weighted by molar-refractivity contribution is 7.91. The van der Waals surface area contributed by atoms with Gasteiger partial charge in [0, 0.05) is 5.54 Å². The van der Waals surface area contributed by atoms with Gasteiger partial charge in [-0.25, -0.2) is 13.2 Å². The molecule has 0 fully saturated rings. The summed E-state index contributed by atoms with van der Waals surface area (Å²) in [4.78, 5) is 12.9. The summed E-state index contributed by atoms with van der Waals surface area (Å²) in [5, 5.41) is 17.3. The molecule has 2 aromatic rings. The summed E-state index contributed by atoms with van der Waals surface area (Å²) in [5.74, 6) is 0. The lowest BCUT2D eigenvalue weighted by Gasteiger charge is -2.39. The van der Waals surface area contributed by atoms with Crippen molar-refractivity contribution in [1.82, 2.24) is 4.90 Å². The maximum absolute atomic E-state index is 13.3. The predicted octanol–water partition coefficient (Wildman–Crippen LogP) is 3.81. The van der Waals surface area contributed by atoms with Crippen molar-refractivity contribution in [2.45, 2.75) is 36.6 Å². The number of amides is 1. The van der Waals surface area contributed by atoms with Crippen LogP contribution >= 0.6 is 0 Å². The number of rotatable bonds is 4. The van der Waals surface area contributed by atoms with Crippen LogP contribution in [0, 0.1) is 11.3 Å². The van der Waals surface area contributed by atoms with E-state index in [2.05, 4.69) is 0 Å². The molecule has 26 heavy (non-hydrogen) atoms. The van der Waals surface area contributed by atoms with Crippen molar-refractivity contribution < 1.29 is 18.3 Å². The number of carbonyl (C=O) groups is 1. The van der Waals surface area contributed by atoms with E-state index in [0.29, 0.717) is 5.56 Å². The standard InChI is InChI=1S/C19H20N2O4S/c1-19(2,3)21(18(22)23)17(15-11-9-14(13-20)10-12-15)26(24,25)16-7-5-4-6-8-16/h4-12,17H,1-3H3,(H,22,23). The molecule has 0 aliphatic carbocycles. The van der Waals surface area contributed by atoms with Crippen LogP contribution in [-0.4, -0.2) is 30.1 Å². The van der Waals surface area contributed by atoms with Crippen molar-refractivity contribution in [3.8, 4) is 6.07 Å². The molecular weight excluding hydrogens is 352 g/mol. The fraction of sp³-hybridized carbons (Fsp3) is 0.263. The van der Waals surface area contributed by atoms with Crippen LogP contribution in [0.2, 0.25) is 0 Å². The van der Waals surface area contributed by atoms with Crippen molar-refractivity contribution in [3.05, 3.63) is 65.7 Å².